The van der Waals surface area contributed by atoms with Gasteiger partial charge in [-0.2, -0.15) is 0 Å². The first-order valence-electron chi connectivity index (χ1n) is 7.99. The van der Waals surface area contributed by atoms with Crippen molar-refractivity contribution in [1.82, 2.24) is 0 Å². The molecule has 0 atom stereocenters. The zero-order valence-corrected chi connectivity index (χ0v) is 13.9. The van der Waals surface area contributed by atoms with E-state index in [1.165, 1.54) is 0 Å². The number of aromatic hydroxyl groups is 1. The lowest BCUT2D eigenvalue weighted by atomic mass is 10.1. The van der Waals surface area contributed by atoms with E-state index in [9.17, 15) is 9.90 Å². The molecule has 0 fully saturated rings. The molecule has 4 nitrogen and oxygen atoms in total. The van der Waals surface area contributed by atoms with Gasteiger partial charge in [0.2, 0.25) is 0 Å². The molecule has 0 radical (unpaired) electrons. The van der Waals surface area contributed by atoms with E-state index < -0.39 is 0 Å². The van der Waals surface area contributed by atoms with E-state index in [0.717, 1.165) is 11.1 Å². The van der Waals surface area contributed by atoms with Crippen LogP contribution in [-0.4, -0.2) is 11.0 Å². The van der Waals surface area contributed by atoms with E-state index in [0.29, 0.717) is 23.6 Å². The van der Waals surface area contributed by atoms with Gasteiger partial charge in [0.15, 0.2) is 0 Å². The molecule has 0 saturated carbocycles. The van der Waals surface area contributed by atoms with Crippen molar-refractivity contribution in [3.8, 4) is 11.5 Å². The molecular formula is C21H19NO3. The summed E-state index contributed by atoms with van der Waals surface area (Å²) in [6.45, 7) is 2.35. The molecule has 0 aromatic heterocycles. The molecule has 0 aliphatic rings. The van der Waals surface area contributed by atoms with Crippen LogP contribution >= 0.6 is 0 Å². The maximum absolute atomic E-state index is 12.3. The number of hydrogen-bond donors (Lipinski definition) is 2. The smallest absolute Gasteiger partial charge is 0.255 e. The van der Waals surface area contributed by atoms with Crippen LogP contribution in [0.25, 0.3) is 0 Å². The third kappa shape index (κ3) is 4.38. The topological polar surface area (TPSA) is 58.6 Å². The predicted molar refractivity (Wildman–Crippen MR) is 98.0 cm³/mol. The number of carbonyl (C=O) groups excluding carboxylic acids is 1. The summed E-state index contributed by atoms with van der Waals surface area (Å²) in [5.41, 5.74) is 2.89. The highest BCUT2D eigenvalue weighted by molar-refractivity contribution is 6.05. The van der Waals surface area contributed by atoms with Crippen molar-refractivity contribution in [1.29, 1.82) is 0 Å². The second kappa shape index (κ2) is 7.53. The molecule has 0 saturated heterocycles. The summed E-state index contributed by atoms with van der Waals surface area (Å²) < 4.78 is 5.71. The number of phenols is 1. The minimum atomic E-state index is -0.284. The van der Waals surface area contributed by atoms with Crippen molar-refractivity contribution in [3.63, 3.8) is 0 Å². The van der Waals surface area contributed by atoms with Crippen molar-refractivity contribution in [2.75, 3.05) is 5.32 Å². The van der Waals surface area contributed by atoms with Gasteiger partial charge in [-0.1, -0.05) is 36.4 Å². The lowest BCUT2D eigenvalue weighted by molar-refractivity contribution is 0.102. The second-order valence-corrected chi connectivity index (χ2v) is 5.77. The average Bonchev–Trinajstić information content (AvgIpc) is 2.63. The molecule has 0 spiro atoms. The fraction of sp³-hybridized carbons (Fsp3) is 0.0952. The third-order valence-electron chi connectivity index (χ3n) is 3.77. The Balaban J connectivity index is 1.62. The predicted octanol–water partition coefficient (Wildman–Crippen LogP) is 4.53. The van der Waals surface area contributed by atoms with Crippen molar-refractivity contribution < 1.29 is 14.6 Å². The standard InChI is InChI=1S/C21H19NO3/c1-15-7-12-19(20(23)13-15)22-21(24)17-8-10-18(11-9-17)25-14-16-5-3-2-4-6-16/h2-13,23H,14H2,1H3,(H,22,24). The van der Waals surface area contributed by atoms with Crippen molar-refractivity contribution in [3.05, 3.63) is 89.5 Å². The van der Waals surface area contributed by atoms with Gasteiger partial charge in [-0.05, 0) is 54.4 Å². The second-order valence-electron chi connectivity index (χ2n) is 5.77. The lowest BCUT2D eigenvalue weighted by Crippen LogP contribution is -2.11. The van der Waals surface area contributed by atoms with E-state index in [1.54, 1.807) is 36.4 Å². The zero-order chi connectivity index (χ0) is 17.6. The Kier molecular flexibility index (Phi) is 5.00. The Morgan fingerprint density at radius 2 is 1.72 bits per heavy atom. The number of ether oxygens (including phenoxy) is 1. The summed E-state index contributed by atoms with van der Waals surface area (Å²) in [5, 5.41) is 12.6. The number of amides is 1. The maximum Gasteiger partial charge on any atom is 0.255 e. The van der Waals surface area contributed by atoms with Gasteiger partial charge in [0.25, 0.3) is 5.91 Å². The fourth-order valence-electron chi connectivity index (χ4n) is 2.39. The minimum Gasteiger partial charge on any atom is -0.506 e. The monoisotopic (exact) mass is 333 g/mol. The molecule has 2 N–H and O–H groups in total. The van der Waals surface area contributed by atoms with Gasteiger partial charge in [0, 0.05) is 5.56 Å². The lowest BCUT2D eigenvalue weighted by Gasteiger charge is -2.09. The summed E-state index contributed by atoms with van der Waals surface area (Å²) in [7, 11) is 0. The number of benzene rings is 3. The van der Waals surface area contributed by atoms with Gasteiger partial charge in [-0.3, -0.25) is 4.79 Å². The maximum atomic E-state index is 12.3. The minimum absolute atomic E-state index is 0.0520. The molecule has 3 aromatic rings. The number of aryl methyl sites for hydroxylation is 1. The van der Waals surface area contributed by atoms with Crippen LogP contribution in [0.5, 0.6) is 11.5 Å². The van der Waals surface area contributed by atoms with Crippen LogP contribution in [-0.2, 0) is 6.61 Å². The van der Waals surface area contributed by atoms with Crippen molar-refractivity contribution in [2.45, 2.75) is 13.5 Å². The molecule has 0 aliphatic carbocycles. The van der Waals surface area contributed by atoms with E-state index >= 15 is 0 Å². The van der Waals surface area contributed by atoms with Crippen LogP contribution in [0.4, 0.5) is 5.69 Å². The van der Waals surface area contributed by atoms with Gasteiger partial charge >= 0.3 is 0 Å². The van der Waals surface area contributed by atoms with Gasteiger partial charge in [-0.25, -0.2) is 0 Å². The van der Waals surface area contributed by atoms with Gasteiger partial charge < -0.3 is 15.2 Å². The summed E-state index contributed by atoms with van der Waals surface area (Å²) >= 11 is 0. The largest absolute Gasteiger partial charge is 0.506 e. The number of hydrogen-bond acceptors (Lipinski definition) is 3. The van der Waals surface area contributed by atoms with Gasteiger partial charge in [-0.15, -0.1) is 0 Å². The van der Waals surface area contributed by atoms with Crippen LogP contribution in [0.3, 0.4) is 0 Å². The normalized spacial score (nSPS) is 10.3. The molecule has 126 valence electrons. The summed E-state index contributed by atoms with van der Waals surface area (Å²) in [6.07, 6.45) is 0. The number of rotatable bonds is 5. The number of nitrogens with one attached hydrogen (secondary N) is 1. The molecular weight excluding hydrogens is 314 g/mol. The molecule has 4 heteroatoms. The molecule has 0 unspecified atom stereocenters. The third-order valence-corrected chi connectivity index (χ3v) is 3.77. The van der Waals surface area contributed by atoms with Crippen LogP contribution in [0, 0.1) is 6.92 Å². The molecule has 3 aromatic carbocycles. The van der Waals surface area contributed by atoms with Gasteiger partial charge in [0.05, 0.1) is 5.69 Å². The zero-order valence-electron chi connectivity index (χ0n) is 13.9. The number of carbonyl (C=O) groups is 1. The molecule has 25 heavy (non-hydrogen) atoms. The highest BCUT2D eigenvalue weighted by atomic mass is 16.5. The summed E-state index contributed by atoms with van der Waals surface area (Å²) in [5.74, 6) is 0.462. The molecule has 3 rings (SSSR count). The summed E-state index contributed by atoms with van der Waals surface area (Å²) in [6, 6.07) is 21.9. The quantitative estimate of drug-likeness (QED) is 0.674. The number of anilines is 1. The SMILES string of the molecule is Cc1ccc(NC(=O)c2ccc(OCc3ccccc3)cc2)c(O)c1. The molecule has 0 heterocycles. The van der Waals surface area contributed by atoms with Crippen molar-refractivity contribution >= 4 is 11.6 Å². The molecule has 0 bridgehead atoms. The Hall–Kier alpha value is -3.27. The van der Waals surface area contributed by atoms with Gasteiger partial charge in [0.1, 0.15) is 18.1 Å². The Morgan fingerprint density at radius 3 is 2.40 bits per heavy atom. The highest BCUT2D eigenvalue weighted by Gasteiger charge is 2.09. The molecule has 0 aliphatic heterocycles. The Bertz CT molecular complexity index is 858. The average molecular weight is 333 g/mol. The van der Waals surface area contributed by atoms with Crippen LogP contribution in [0.2, 0.25) is 0 Å². The Morgan fingerprint density at radius 1 is 1.00 bits per heavy atom. The fourth-order valence-corrected chi connectivity index (χ4v) is 2.39. The first kappa shape index (κ1) is 16.6. The number of phenolic OH excluding ortho intramolecular Hbond substituents is 1. The first-order chi connectivity index (χ1) is 12.1. The van der Waals surface area contributed by atoms with E-state index in [2.05, 4.69) is 5.32 Å². The van der Waals surface area contributed by atoms with E-state index in [-0.39, 0.29) is 11.7 Å². The summed E-state index contributed by atoms with van der Waals surface area (Å²) in [4.78, 5) is 12.3. The van der Waals surface area contributed by atoms with Crippen LogP contribution in [0.15, 0.2) is 72.8 Å². The van der Waals surface area contributed by atoms with Crippen molar-refractivity contribution in [2.24, 2.45) is 0 Å². The Labute approximate surface area is 146 Å². The molecule has 1 amide bonds. The van der Waals surface area contributed by atoms with E-state index in [4.69, 9.17) is 4.74 Å². The first-order valence-corrected chi connectivity index (χ1v) is 7.99. The van der Waals surface area contributed by atoms with E-state index in [1.807, 2.05) is 43.3 Å². The van der Waals surface area contributed by atoms with Crippen LogP contribution < -0.4 is 10.1 Å². The highest BCUT2D eigenvalue weighted by Crippen LogP contribution is 2.24. The van der Waals surface area contributed by atoms with Crippen LogP contribution in [0.1, 0.15) is 21.5 Å².